The second-order valence-electron chi connectivity index (χ2n) is 5.89. The van der Waals surface area contributed by atoms with E-state index in [0.717, 1.165) is 29.5 Å². The fourth-order valence-corrected chi connectivity index (χ4v) is 2.71. The summed E-state index contributed by atoms with van der Waals surface area (Å²) in [5.41, 5.74) is -0.473. The molecule has 0 radical (unpaired) electrons. The molecule has 2 aromatic heterocycles. The lowest BCUT2D eigenvalue weighted by Crippen LogP contribution is -2.27. The molecule has 0 unspecified atom stereocenters. The predicted molar refractivity (Wildman–Crippen MR) is 92.6 cm³/mol. The van der Waals surface area contributed by atoms with Crippen LogP contribution in [0.2, 0.25) is 5.02 Å². The van der Waals surface area contributed by atoms with Gasteiger partial charge in [-0.15, -0.1) is 0 Å². The molecule has 0 saturated carbocycles. The van der Waals surface area contributed by atoms with Crippen molar-refractivity contribution in [3.63, 3.8) is 0 Å². The SMILES string of the molecule is CCCCOCCCNC(=O)c1c(C)nc2c(Cl)cc(C(F)(F)F)cn12. The lowest BCUT2D eigenvalue weighted by Gasteiger charge is -2.10. The number of imidazole rings is 1. The minimum absolute atomic E-state index is 0.0416. The summed E-state index contributed by atoms with van der Waals surface area (Å²) in [6.45, 7) is 5.16. The summed E-state index contributed by atoms with van der Waals surface area (Å²) in [5.74, 6) is -0.501. The number of pyridine rings is 1. The molecule has 1 N–H and O–H groups in total. The first kappa shape index (κ1) is 20.5. The Balaban J connectivity index is 2.12. The number of aromatic nitrogens is 2. The second kappa shape index (κ2) is 8.73. The van der Waals surface area contributed by atoms with Crippen LogP contribution in [-0.4, -0.2) is 35.1 Å². The number of carbonyl (C=O) groups is 1. The Morgan fingerprint density at radius 1 is 1.35 bits per heavy atom. The van der Waals surface area contributed by atoms with Crippen molar-refractivity contribution in [2.45, 2.75) is 39.3 Å². The Hall–Kier alpha value is -1.80. The highest BCUT2D eigenvalue weighted by Gasteiger charge is 2.32. The zero-order chi connectivity index (χ0) is 19.3. The van der Waals surface area contributed by atoms with Crippen LogP contribution in [0.1, 0.15) is 47.9 Å². The van der Waals surface area contributed by atoms with Crippen molar-refractivity contribution < 1.29 is 22.7 Å². The number of nitrogens with zero attached hydrogens (tertiary/aromatic N) is 2. The lowest BCUT2D eigenvalue weighted by molar-refractivity contribution is -0.137. The Labute approximate surface area is 154 Å². The maximum Gasteiger partial charge on any atom is 0.417 e. The minimum Gasteiger partial charge on any atom is -0.381 e. The van der Waals surface area contributed by atoms with Gasteiger partial charge in [-0.1, -0.05) is 24.9 Å². The number of hydrogen-bond donors (Lipinski definition) is 1. The minimum atomic E-state index is -4.57. The number of unbranched alkanes of at least 4 members (excludes halogenated alkanes) is 1. The number of ether oxygens (including phenoxy) is 1. The molecular weight excluding hydrogens is 371 g/mol. The average Bonchev–Trinajstić information content (AvgIpc) is 2.90. The van der Waals surface area contributed by atoms with Gasteiger partial charge >= 0.3 is 6.18 Å². The molecule has 2 heterocycles. The number of amides is 1. The molecule has 144 valence electrons. The van der Waals surface area contributed by atoms with Gasteiger partial charge in [0.15, 0.2) is 5.65 Å². The van der Waals surface area contributed by atoms with Gasteiger partial charge < -0.3 is 10.1 Å². The van der Waals surface area contributed by atoms with Crippen LogP contribution in [0.5, 0.6) is 0 Å². The van der Waals surface area contributed by atoms with Gasteiger partial charge in [-0.3, -0.25) is 9.20 Å². The van der Waals surface area contributed by atoms with Crippen LogP contribution >= 0.6 is 11.6 Å². The van der Waals surface area contributed by atoms with E-state index in [1.54, 1.807) is 6.92 Å². The lowest BCUT2D eigenvalue weighted by atomic mass is 10.2. The monoisotopic (exact) mass is 391 g/mol. The fraction of sp³-hybridized carbons (Fsp3) is 0.529. The molecule has 0 aliphatic heterocycles. The van der Waals surface area contributed by atoms with E-state index in [0.29, 0.717) is 31.9 Å². The smallest absolute Gasteiger partial charge is 0.381 e. The highest BCUT2D eigenvalue weighted by Crippen LogP contribution is 2.33. The molecule has 2 rings (SSSR count). The third-order valence-corrected chi connectivity index (χ3v) is 4.06. The highest BCUT2D eigenvalue weighted by atomic mass is 35.5. The van der Waals surface area contributed by atoms with Crippen molar-refractivity contribution in [1.82, 2.24) is 14.7 Å². The number of hydrogen-bond acceptors (Lipinski definition) is 3. The van der Waals surface area contributed by atoms with Crippen LogP contribution in [0.3, 0.4) is 0 Å². The number of aryl methyl sites for hydroxylation is 1. The number of nitrogens with one attached hydrogen (secondary N) is 1. The molecule has 0 saturated heterocycles. The van der Waals surface area contributed by atoms with Crippen molar-refractivity contribution in [3.8, 4) is 0 Å². The molecule has 2 aromatic rings. The molecule has 0 aromatic carbocycles. The zero-order valence-electron chi connectivity index (χ0n) is 14.6. The number of fused-ring (bicyclic) bond motifs is 1. The molecule has 9 heteroatoms. The maximum atomic E-state index is 13.0. The van der Waals surface area contributed by atoms with E-state index in [4.69, 9.17) is 16.3 Å². The normalized spacial score (nSPS) is 11.9. The van der Waals surface area contributed by atoms with E-state index in [9.17, 15) is 18.0 Å². The van der Waals surface area contributed by atoms with Crippen LogP contribution in [0.15, 0.2) is 12.3 Å². The summed E-state index contributed by atoms with van der Waals surface area (Å²) in [6.07, 6.45) is -1.09. The first-order valence-corrected chi connectivity index (χ1v) is 8.74. The summed E-state index contributed by atoms with van der Waals surface area (Å²) in [5, 5.41) is 2.52. The van der Waals surface area contributed by atoms with E-state index in [1.165, 1.54) is 0 Å². The predicted octanol–water partition coefficient (Wildman–Crippen LogP) is 4.25. The third kappa shape index (κ3) is 4.88. The number of rotatable bonds is 8. The standard InChI is InChI=1S/C17H21ClF3N3O2/c1-3-4-7-26-8-5-6-22-16(25)14-11(2)23-15-13(18)9-12(10-24(14)15)17(19,20)21/h9-10H,3-8H2,1-2H3,(H,22,25). The van der Waals surface area contributed by atoms with Gasteiger partial charge in [-0.2, -0.15) is 13.2 Å². The molecule has 0 bridgehead atoms. The molecule has 0 aliphatic rings. The highest BCUT2D eigenvalue weighted by molar-refractivity contribution is 6.33. The summed E-state index contributed by atoms with van der Waals surface area (Å²) in [6, 6.07) is 0.804. The van der Waals surface area contributed by atoms with Gasteiger partial charge in [0.25, 0.3) is 5.91 Å². The van der Waals surface area contributed by atoms with Gasteiger partial charge in [0.1, 0.15) is 5.69 Å². The van der Waals surface area contributed by atoms with Crippen molar-refractivity contribution in [2.24, 2.45) is 0 Å². The zero-order valence-corrected chi connectivity index (χ0v) is 15.4. The molecule has 0 spiro atoms. The van der Waals surface area contributed by atoms with Gasteiger partial charge in [0.05, 0.1) is 16.3 Å². The second-order valence-corrected chi connectivity index (χ2v) is 6.30. The van der Waals surface area contributed by atoms with E-state index in [2.05, 4.69) is 17.2 Å². The first-order chi connectivity index (χ1) is 12.3. The van der Waals surface area contributed by atoms with Crippen molar-refractivity contribution in [2.75, 3.05) is 19.8 Å². The van der Waals surface area contributed by atoms with Crippen molar-refractivity contribution in [3.05, 3.63) is 34.2 Å². The Morgan fingerprint density at radius 2 is 2.04 bits per heavy atom. The van der Waals surface area contributed by atoms with E-state index < -0.39 is 17.6 Å². The van der Waals surface area contributed by atoms with Crippen LogP contribution in [0, 0.1) is 6.92 Å². The van der Waals surface area contributed by atoms with Gasteiger partial charge in [0.2, 0.25) is 0 Å². The summed E-state index contributed by atoms with van der Waals surface area (Å²) in [7, 11) is 0. The number of halogens is 4. The van der Waals surface area contributed by atoms with Crippen LogP contribution in [0.4, 0.5) is 13.2 Å². The average molecular weight is 392 g/mol. The molecule has 0 aliphatic carbocycles. The summed E-state index contributed by atoms with van der Waals surface area (Å²) >= 11 is 5.91. The number of alkyl halides is 3. The quantitative estimate of drug-likeness (QED) is 0.684. The summed E-state index contributed by atoms with van der Waals surface area (Å²) in [4.78, 5) is 16.5. The molecule has 26 heavy (non-hydrogen) atoms. The van der Waals surface area contributed by atoms with Gasteiger partial charge in [0, 0.05) is 26.0 Å². The molecular formula is C17H21ClF3N3O2. The van der Waals surface area contributed by atoms with E-state index >= 15 is 0 Å². The largest absolute Gasteiger partial charge is 0.417 e. The Bertz CT molecular complexity index is 775. The van der Waals surface area contributed by atoms with E-state index in [1.807, 2.05) is 0 Å². The van der Waals surface area contributed by atoms with Crippen LogP contribution in [-0.2, 0) is 10.9 Å². The van der Waals surface area contributed by atoms with E-state index in [-0.39, 0.29) is 16.4 Å². The fourth-order valence-electron chi connectivity index (χ4n) is 2.45. The topological polar surface area (TPSA) is 55.6 Å². The van der Waals surface area contributed by atoms with Crippen molar-refractivity contribution >= 4 is 23.2 Å². The Morgan fingerprint density at radius 3 is 2.69 bits per heavy atom. The third-order valence-electron chi connectivity index (χ3n) is 3.79. The van der Waals surface area contributed by atoms with Gasteiger partial charge in [-0.05, 0) is 25.8 Å². The molecule has 1 amide bonds. The number of carbonyl (C=O) groups excluding carboxylic acids is 1. The first-order valence-electron chi connectivity index (χ1n) is 8.37. The maximum absolute atomic E-state index is 13.0. The molecule has 0 fully saturated rings. The van der Waals surface area contributed by atoms with Crippen molar-refractivity contribution in [1.29, 1.82) is 0 Å². The van der Waals surface area contributed by atoms with Crippen LogP contribution < -0.4 is 5.32 Å². The Kier molecular flexibility index (Phi) is 6.88. The summed E-state index contributed by atoms with van der Waals surface area (Å²) < 4.78 is 45.5. The molecule has 5 nitrogen and oxygen atoms in total. The van der Waals surface area contributed by atoms with Gasteiger partial charge in [-0.25, -0.2) is 4.98 Å². The van der Waals surface area contributed by atoms with Crippen LogP contribution in [0.25, 0.3) is 5.65 Å². The molecule has 0 atom stereocenters.